The number of rotatable bonds is 0. The van der Waals surface area contributed by atoms with Gasteiger partial charge in [-0.3, -0.25) is 9.69 Å². The predicted molar refractivity (Wildman–Crippen MR) is 43.4 cm³/mol. The van der Waals surface area contributed by atoms with Gasteiger partial charge in [-0.1, -0.05) is 12.1 Å². The molecule has 0 atom stereocenters. The number of hydrogen-bond donors (Lipinski definition) is 1. The topological polar surface area (TPSA) is 34.7 Å². The van der Waals surface area contributed by atoms with Crippen LogP contribution in [0.2, 0.25) is 0 Å². The third-order valence-electron chi connectivity index (χ3n) is 1.24. The number of hydrogen-bond acceptors (Lipinski definition) is 1. The number of anilines is 1. The van der Waals surface area contributed by atoms with E-state index in [1.807, 2.05) is 0 Å². The third kappa shape index (κ3) is 1.28. The van der Waals surface area contributed by atoms with Crippen molar-refractivity contribution >= 4 is 17.1 Å². The van der Waals surface area contributed by atoms with Crippen LogP contribution in [0.25, 0.3) is 9.69 Å². The van der Waals surface area contributed by atoms with Crippen LogP contribution in [0.1, 0.15) is 0 Å². The van der Waals surface area contributed by atoms with Gasteiger partial charge in [0.2, 0.25) is 0 Å². The molecule has 0 spiro atoms. The van der Waals surface area contributed by atoms with Crippen molar-refractivity contribution in [2.75, 3.05) is 5.73 Å². The number of nitrogens with two attached hydrogens (primary N) is 1. The molecule has 3 heteroatoms. The van der Waals surface area contributed by atoms with Crippen molar-refractivity contribution in [3.05, 3.63) is 41.0 Å². The zero-order chi connectivity index (χ0) is 8.27. The zero-order valence-electron chi connectivity index (χ0n) is 5.70. The molecular formula is C8H5N3. The summed E-state index contributed by atoms with van der Waals surface area (Å²) in [5, 5.41) is 0. The summed E-state index contributed by atoms with van der Waals surface area (Å²) in [7, 11) is 0. The fourth-order valence-electron chi connectivity index (χ4n) is 0.725. The molecular weight excluding hydrogens is 138 g/mol. The second-order valence-electron chi connectivity index (χ2n) is 1.97. The van der Waals surface area contributed by atoms with E-state index in [0.717, 1.165) is 0 Å². The molecule has 0 radical (unpaired) electrons. The van der Waals surface area contributed by atoms with Gasteiger partial charge in [-0.2, -0.15) is 0 Å². The first kappa shape index (κ1) is 7.11. The molecule has 0 fully saturated rings. The van der Waals surface area contributed by atoms with Gasteiger partial charge >= 0.3 is 0 Å². The van der Waals surface area contributed by atoms with Crippen LogP contribution in [0.15, 0.2) is 18.2 Å². The van der Waals surface area contributed by atoms with Gasteiger partial charge in [0, 0.05) is 5.69 Å². The highest BCUT2D eigenvalue weighted by Gasteiger charge is 2.00. The van der Waals surface area contributed by atoms with Crippen molar-refractivity contribution in [2.45, 2.75) is 0 Å². The van der Waals surface area contributed by atoms with E-state index in [2.05, 4.69) is 9.69 Å². The Morgan fingerprint density at radius 3 is 2.27 bits per heavy atom. The number of benzene rings is 1. The van der Waals surface area contributed by atoms with E-state index in [9.17, 15) is 0 Å². The highest BCUT2D eigenvalue weighted by Crippen LogP contribution is 2.29. The summed E-state index contributed by atoms with van der Waals surface area (Å²) in [5.41, 5.74) is 6.60. The zero-order valence-corrected chi connectivity index (χ0v) is 5.70. The maximum absolute atomic E-state index is 6.71. The lowest BCUT2D eigenvalue weighted by atomic mass is 10.2. The van der Waals surface area contributed by atoms with Crippen LogP contribution < -0.4 is 5.73 Å². The van der Waals surface area contributed by atoms with Crippen LogP contribution in [0.5, 0.6) is 0 Å². The van der Waals surface area contributed by atoms with Crippen molar-refractivity contribution in [3.63, 3.8) is 0 Å². The van der Waals surface area contributed by atoms with E-state index in [4.69, 9.17) is 18.9 Å². The lowest BCUT2D eigenvalue weighted by Crippen LogP contribution is -1.81. The average Bonchev–Trinajstić information content (AvgIpc) is 2.04. The molecule has 0 aliphatic carbocycles. The van der Waals surface area contributed by atoms with Crippen LogP contribution in [0, 0.1) is 13.1 Å². The second kappa shape index (κ2) is 2.72. The van der Waals surface area contributed by atoms with Gasteiger partial charge in [0.25, 0.3) is 0 Å². The van der Waals surface area contributed by atoms with Gasteiger partial charge in [-0.05, 0) is 6.07 Å². The second-order valence-corrected chi connectivity index (χ2v) is 1.97. The summed E-state index contributed by atoms with van der Waals surface area (Å²) in [6, 6.07) is 4.66. The predicted octanol–water partition coefficient (Wildman–Crippen LogP) is 2.37. The van der Waals surface area contributed by atoms with E-state index >= 15 is 0 Å². The number of nitrogen functional groups attached to an aromatic ring is 1. The van der Waals surface area contributed by atoms with Gasteiger partial charge in [-0.15, -0.1) is 0 Å². The number of nitrogens with zero attached hydrogens (tertiary/aromatic N) is 2. The Hall–Kier alpha value is -2.00. The Morgan fingerprint density at radius 2 is 1.73 bits per heavy atom. The summed E-state index contributed by atoms with van der Waals surface area (Å²) in [5.74, 6) is 0. The van der Waals surface area contributed by atoms with E-state index in [1.54, 1.807) is 12.1 Å². The van der Waals surface area contributed by atoms with Gasteiger partial charge in [0.05, 0.1) is 13.1 Å². The smallest absolute Gasteiger partial charge is 0.196 e. The molecule has 1 rings (SSSR count). The highest BCUT2D eigenvalue weighted by molar-refractivity contribution is 5.74. The van der Waals surface area contributed by atoms with Crippen molar-refractivity contribution in [1.82, 2.24) is 0 Å². The van der Waals surface area contributed by atoms with E-state index in [0.29, 0.717) is 17.1 Å². The lowest BCUT2D eigenvalue weighted by molar-refractivity contribution is 1.70. The molecule has 0 amide bonds. The Morgan fingerprint density at radius 1 is 1.09 bits per heavy atom. The first-order valence-electron chi connectivity index (χ1n) is 2.92. The first-order chi connectivity index (χ1) is 5.27. The first-order valence-corrected chi connectivity index (χ1v) is 2.92. The maximum atomic E-state index is 6.71. The fraction of sp³-hybridized carbons (Fsp3) is 0. The van der Waals surface area contributed by atoms with Gasteiger partial charge < -0.3 is 5.73 Å². The monoisotopic (exact) mass is 143 g/mol. The molecule has 0 unspecified atom stereocenters. The normalized spacial score (nSPS) is 8.18. The van der Waals surface area contributed by atoms with Gasteiger partial charge in [0.15, 0.2) is 11.4 Å². The lowest BCUT2D eigenvalue weighted by Gasteiger charge is -1.94. The van der Waals surface area contributed by atoms with Crippen molar-refractivity contribution in [2.24, 2.45) is 0 Å². The third-order valence-corrected chi connectivity index (χ3v) is 1.24. The van der Waals surface area contributed by atoms with Crippen molar-refractivity contribution < 1.29 is 0 Å². The summed E-state index contributed by atoms with van der Waals surface area (Å²) < 4.78 is 0. The van der Waals surface area contributed by atoms with Gasteiger partial charge in [0.1, 0.15) is 0 Å². The van der Waals surface area contributed by atoms with E-state index in [-0.39, 0.29) is 0 Å². The molecule has 3 nitrogen and oxygen atoms in total. The summed E-state index contributed by atoms with van der Waals surface area (Å²) in [6.45, 7) is 13.4. The molecule has 11 heavy (non-hydrogen) atoms. The maximum Gasteiger partial charge on any atom is 0.196 e. The molecule has 0 bridgehead atoms. The van der Waals surface area contributed by atoms with Crippen LogP contribution in [-0.2, 0) is 0 Å². The molecule has 0 heterocycles. The Kier molecular flexibility index (Phi) is 1.76. The Labute approximate surface area is 64.7 Å². The molecule has 2 N–H and O–H groups in total. The van der Waals surface area contributed by atoms with E-state index < -0.39 is 0 Å². The summed E-state index contributed by atoms with van der Waals surface area (Å²) in [4.78, 5) is 6.32. The fourth-order valence-corrected chi connectivity index (χ4v) is 0.725. The van der Waals surface area contributed by atoms with Crippen LogP contribution in [-0.4, -0.2) is 0 Å². The van der Waals surface area contributed by atoms with Crippen molar-refractivity contribution in [1.29, 1.82) is 0 Å². The minimum Gasteiger partial charge on any atom is -0.400 e. The molecule has 1 aromatic rings. The molecule has 52 valence electrons. The van der Waals surface area contributed by atoms with Gasteiger partial charge in [-0.25, -0.2) is 0 Å². The highest BCUT2D eigenvalue weighted by atomic mass is 14.8. The molecule has 0 aliphatic heterocycles. The average molecular weight is 143 g/mol. The SMILES string of the molecule is [C-]#[N+]c1ccc(N)cc1[N+]#[C-]. The van der Waals surface area contributed by atoms with Crippen molar-refractivity contribution in [3.8, 4) is 0 Å². The molecule has 0 aliphatic rings. The Balaban J connectivity index is 3.34. The minimum absolute atomic E-state index is 0.319. The summed E-state index contributed by atoms with van der Waals surface area (Å²) in [6.07, 6.45) is 0. The minimum atomic E-state index is 0.319. The molecule has 0 saturated carbocycles. The van der Waals surface area contributed by atoms with E-state index in [1.165, 1.54) is 6.07 Å². The van der Waals surface area contributed by atoms with Crippen LogP contribution in [0.3, 0.4) is 0 Å². The molecule has 0 saturated heterocycles. The quantitative estimate of drug-likeness (QED) is 0.439. The summed E-state index contributed by atoms with van der Waals surface area (Å²) >= 11 is 0. The Bertz CT molecular complexity index is 355. The molecule has 0 aromatic heterocycles. The molecule has 1 aromatic carbocycles. The van der Waals surface area contributed by atoms with Crippen LogP contribution in [0.4, 0.5) is 17.1 Å². The standard InChI is InChI=1S/C8H5N3/c1-10-7-4-3-6(9)5-8(7)11-2/h3-5H,9H2. The largest absolute Gasteiger partial charge is 0.400 e. The van der Waals surface area contributed by atoms with Crippen LogP contribution >= 0.6 is 0 Å².